The fraction of sp³-hybridized carbons (Fsp3) is 0.750. The average Bonchev–Trinajstić information content (AvgIpc) is 2.30. The van der Waals surface area contributed by atoms with Crippen LogP contribution in [0, 0.1) is 0 Å². The van der Waals surface area contributed by atoms with Crippen molar-refractivity contribution in [2.45, 2.75) is 45.6 Å². The Morgan fingerprint density at radius 3 is 2.53 bits per heavy atom. The Kier molecular flexibility index (Phi) is 4.93. The number of halogens is 1. The topological polar surface area (TPSA) is 56.8 Å². The van der Waals surface area contributed by atoms with Crippen molar-refractivity contribution in [3.8, 4) is 0 Å². The molecule has 1 fully saturated rings. The third-order valence-electron chi connectivity index (χ3n) is 2.81. The second-order valence-electron chi connectivity index (χ2n) is 4.35. The van der Waals surface area contributed by atoms with Gasteiger partial charge in [-0.05, 0) is 19.8 Å². The molecule has 0 spiro atoms. The van der Waals surface area contributed by atoms with E-state index in [2.05, 4.69) is 4.99 Å². The van der Waals surface area contributed by atoms with Crippen molar-refractivity contribution in [1.82, 2.24) is 0 Å². The van der Waals surface area contributed by atoms with Crippen LogP contribution in [0.25, 0.3) is 0 Å². The fourth-order valence-electron chi connectivity index (χ4n) is 1.49. The molecule has 1 atom stereocenters. The molecule has 1 rings (SSSR count). The molecule has 0 aliphatic carbocycles. The van der Waals surface area contributed by atoms with Gasteiger partial charge in [-0.2, -0.15) is 4.99 Å². The van der Waals surface area contributed by atoms with Crippen molar-refractivity contribution in [1.29, 1.82) is 0 Å². The Labute approximate surface area is 102 Å². The zero-order chi connectivity index (χ0) is 12.9. The number of nitrogens with two attached hydrogens (primary N) is 1. The quantitative estimate of drug-likeness (QED) is 0.597. The van der Waals surface area contributed by atoms with Gasteiger partial charge in [0.15, 0.2) is 0 Å². The van der Waals surface area contributed by atoms with Gasteiger partial charge in [-0.3, -0.25) is 0 Å². The summed E-state index contributed by atoms with van der Waals surface area (Å²) in [6, 6.07) is 0.00201. The van der Waals surface area contributed by atoms with Crippen molar-refractivity contribution in [3.63, 3.8) is 0 Å². The largest absolute Gasteiger partial charge is 0.462 e. The van der Waals surface area contributed by atoms with Crippen LogP contribution in [0.4, 0.5) is 4.39 Å². The average molecular weight is 244 g/mol. The molecule has 0 bridgehead atoms. The number of allylic oxidation sites excluding steroid dienone is 2. The summed E-state index contributed by atoms with van der Waals surface area (Å²) in [5.74, 6) is -0.245. The third-order valence-corrected chi connectivity index (χ3v) is 2.81. The second kappa shape index (κ2) is 6.00. The minimum atomic E-state index is -0.264. The van der Waals surface area contributed by atoms with Crippen LogP contribution < -0.4 is 5.73 Å². The van der Waals surface area contributed by atoms with Crippen molar-refractivity contribution < 1.29 is 13.9 Å². The first-order valence-corrected chi connectivity index (χ1v) is 5.99. The highest BCUT2D eigenvalue weighted by Gasteiger charge is 2.34. The number of hydrogen-bond donors (Lipinski definition) is 1. The Balaban J connectivity index is 2.53. The van der Waals surface area contributed by atoms with Crippen molar-refractivity contribution in [2.75, 3.05) is 13.2 Å². The molecule has 0 amide bonds. The summed E-state index contributed by atoms with van der Waals surface area (Å²) in [6.07, 6.45) is 1.76. The standard InChI is InChI=1S/C12H21FN2O2/c1-4-9(13)10(5-2)15-11(14)16-8-12(3)6-7-17-12/h4-8H2,1-3H3,(H2,14,15)/b10-9-. The molecule has 2 N–H and O–H groups in total. The van der Waals surface area contributed by atoms with Gasteiger partial charge in [0.1, 0.15) is 18.0 Å². The second-order valence-corrected chi connectivity index (χ2v) is 4.35. The van der Waals surface area contributed by atoms with E-state index >= 15 is 0 Å². The normalized spacial score (nSPS) is 26.2. The molecule has 1 unspecified atom stereocenters. The van der Waals surface area contributed by atoms with Gasteiger partial charge in [-0.25, -0.2) is 4.39 Å². The van der Waals surface area contributed by atoms with Crippen molar-refractivity contribution in [2.24, 2.45) is 10.7 Å². The summed E-state index contributed by atoms with van der Waals surface area (Å²) >= 11 is 0. The highest BCUT2D eigenvalue weighted by Crippen LogP contribution is 2.25. The van der Waals surface area contributed by atoms with Crippen LogP contribution in [0.2, 0.25) is 0 Å². The van der Waals surface area contributed by atoms with Crippen LogP contribution in [-0.4, -0.2) is 24.8 Å². The van der Waals surface area contributed by atoms with E-state index < -0.39 is 0 Å². The van der Waals surface area contributed by atoms with Crippen LogP contribution in [0.1, 0.15) is 40.0 Å². The van der Waals surface area contributed by atoms with E-state index in [1.807, 2.05) is 13.8 Å². The molecule has 0 radical (unpaired) electrons. The summed E-state index contributed by atoms with van der Waals surface area (Å²) in [6.45, 7) is 6.63. The molecular formula is C12H21FN2O2. The molecule has 1 saturated heterocycles. The smallest absolute Gasteiger partial charge is 0.287 e. The summed E-state index contributed by atoms with van der Waals surface area (Å²) in [5, 5.41) is 0. The van der Waals surface area contributed by atoms with Gasteiger partial charge in [0.25, 0.3) is 6.02 Å². The van der Waals surface area contributed by atoms with E-state index in [4.69, 9.17) is 15.2 Å². The number of nitrogens with zero attached hydrogens (tertiary/aromatic N) is 1. The fourth-order valence-corrected chi connectivity index (χ4v) is 1.49. The number of rotatable bonds is 5. The molecule has 1 aliphatic heterocycles. The summed E-state index contributed by atoms with van der Waals surface area (Å²) < 4.78 is 24.0. The van der Waals surface area contributed by atoms with E-state index in [1.165, 1.54) is 0 Å². The highest BCUT2D eigenvalue weighted by molar-refractivity contribution is 5.72. The van der Waals surface area contributed by atoms with Crippen LogP contribution in [-0.2, 0) is 9.47 Å². The molecule has 0 aromatic carbocycles. The first-order valence-electron chi connectivity index (χ1n) is 5.99. The SMILES string of the molecule is CC/C(F)=C(\CC)N=C(N)OCC1(C)CCO1. The maximum atomic E-state index is 13.3. The van der Waals surface area contributed by atoms with Gasteiger partial charge < -0.3 is 15.2 Å². The van der Waals surface area contributed by atoms with Crippen LogP contribution in [0.3, 0.4) is 0 Å². The minimum absolute atomic E-state index is 0.00201. The lowest BCUT2D eigenvalue weighted by molar-refractivity contribution is -0.154. The first kappa shape index (κ1) is 14.0. The Hall–Kier alpha value is -1.10. The van der Waals surface area contributed by atoms with Crippen LogP contribution >= 0.6 is 0 Å². The van der Waals surface area contributed by atoms with Gasteiger partial charge in [-0.1, -0.05) is 13.8 Å². The predicted octanol–water partition coefficient (Wildman–Crippen LogP) is 2.50. The molecule has 0 aromatic rings. The molecule has 4 nitrogen and oxygen atoms in total. The maximum absolute atomic E-state index is 13.3. The van der Waals surface area contributed by atoms with Crippen LogP contribution in [0.5, 0.6) is 0 Å². The lowest BCUT2D eigenvalue weighted by Crippen LogP contribution is -2.45. The van der Waals surface area contributed by atoms with Crippen LogP contribution in [0.15, 0.2) is 16.5 Å². The zero-order valence-electron chi connectivity index (χ0n) is 10.8. The van der Waals surface area contributed by atoms with E-state index in [0.717, 1.165) is 13.0 Å². The molecule has 0 aromatic heterocycles. The molecule has 5 heteroatoms. The monoisotopic (exact) mass is 244 g/mol. The lowest BCUT2D eigenvalue weighted by atomic mass is 9.99. The highest BCUT2D eigenvalue weighted by atomic mass is 19.1. The molecule has 98 valence electrons. The summed E-state index contributed by atoms with van der Waals surface area (Å²) in [4.78, 5) is 3.95. The number of hydrogen-bond acceptors (Lipinski definition) is 3. The Bertz CT molecular complexity index is 322. The molecule has 17 heavy (non-hydrogen) atoms. The van der Waals surface area contributed by atoms with E-state index in [9.17, 15) is 4.39 Å². The molecule has 0 saturated carbocycles. The molecule has 1 heterocycles. The van der Waals surface area contributed by atoms with Gasteiger partial charge >= 0.3 is 0 Å². The predicted molar refractivity (Wildman–Crippen MR) is 65.3 cm³/mol. The number of ether oxygens (including phenoxy) is 2. The first-order chi connectivity index (χ1) is 8.00. The van der Waals surface area contributed by atoms with E-state index in [0.29, 0.717) is 25.1 Å². The maximum Gasteiger partial charge on any atom is 0.287 e. The Morgan fingerprint density at radius 1 is 1.47 bits per heavy atom. The minimum Gasteiger partial charge on any atom is -0.462 e. The van der Waals surface area contributed by atoms with E-state index in [-0.39, 0.29) is 17.4 Å². The molecular weight excluding hydrogens is 223 g/mol. The van der Waals surface area contributed by atoms with Crippen molar-refractivity contribution in [3.05, 3.63) is 11.5 Å². The molecule has 1 aliphatic rings. The summed E-state index contributed by atoms with van der Waals surface area (Å²) in [7, 11) is 0. The van der Waals surface area contributed by atoms with Gasteiger partial charge in [-0.15, -0.1) is 0 Å². The van der Waals surface area contributed by atoms with Gasteiger partial charge in [0.05, 0.1) is 12.3 Å². The summed E-state index contributed by atoms with van der Waals surface area (Å²) in [5.41, 5.74) is 5.69. The number of amidine groups is 1. The number of aliphatic imine (C=N–C) groups is 1. The Morgan fingerprint density at radius 2 is 2.12 bits per heavy atom. The van der Waals surface area contributed by atoms with E-state index in [1.54, 1.807) is 6.92 Å². The zero-order valence-corrected chi connectivity index (χ0v) is 10.8. The van der Waals surface area contributed by atoms with Crippen molar-refractivity contribution >= 4 is 6.02 Å². The van der Waals surface area contributed by atoms with Gasteiger partial charge in [0, 0.05) is 6.42 Å². The third kappa shape index (κ3) is 4.00. The lowest BCUT2D eigenvalue weighted by Gasteiger charge is -2.37. The van der Waals surface area contributed by atoms with Gasteiger partial charge in [0.2, 0.25) is 0 Å².